The molecular formula is C28H25BrN2O5S. The molecule has 3 aromatic carbocycles. The van der Waals surface area contributed by atoms with Crippen molar-refractivity contribution >= 4 is 56.5 Å². The lowest BCUT2D eigenvalue weighted by Gasteiger charge is -2.13. The van der Waals surface area contributed by atoms with E-state index in [4.69, 9.17) is 9.47 Å². The van der Waals surface area contributed by atoms with Crippen molar-refractivity contribution < 1.29 is 23.9 Å². The zero-order valence-corrected chi connectivity index (χ0v) is 22.9. The largest absolute Gasteiger partial charge is 0.493 e. The number of methoxy groups -OCH3 is 1. The highest BCUT2D eigenvalue weighted by Gasteiger charge is 2.36. The van der Waals surface area contributed by atoms with Crippen LogP contribution in [0.15, 0.2) is 70.0 Å². The van der Waals surface area contributed by atoms with Crippen molar-refractivity contribution in [3.63, 3.8) is 0 Å². The van der Waals surface area contributed by atoms with E-state index in [1.165, 1.54) is 7.11 Å². The quantitative estimate of drug-likeness (QED) is 0.313. The maximum Gasteiger partial charge on any atom is 0.294 e. The minimum absolute atomic E-state index is 0.231. The standard InChI is InChI=1S/C28H25BrN2O5S/c1-17-10-18(2)12-22(11-17)30-26(32)15-31-27(33)25(37-28(31)34)14-20-6-9-23(24(13-20)35-3)36-16-19-4-7-21(29)8-5-19/h4-14H,15-16H2,1-3H3,(H,30,32)/b25-14-. The predicted octanol–water partition coefficient (Wildman–Crippen LogP) is 6.33. The lowest BCUT2D eigenvalue weighted by Crippen LogP contribution is -2.36. The molecule has 9 heteroatoms. The van der Waals surface area contributed by atoms with Gasteiger partial charge in [0.1, 0.15) is 13.2 Å². The Balaban J connectivity index is 1.42. The van der Waals surface area contributed by atoms with Crippen molar-refractivity contribution in [2.75, 3.05) is 19.0 Å². The molecular weight excluding hydrogens is 556 g/mol. The van der Waals surface area contributed by atoms with Crippen LogP contribution in [0.2, 0.25) is 0 Å². The van der Waals surface area contributed by atoms with Gasteiger partial charge in [-0.2, -0.15) is 0 Å². The molecule has 3 aromatic rings. The number of ether oxygens (including phenoxy) is 2. The number of carbonyl (C=O) groups is 3. The SMILES string of the molecule is COc1cc(/C=C2\SC(=O)N(CC(=O)Nc3cc(C)cc(C)c3)C2=O)ccc1OCc1ccc(Br)cc1. The van der Waals surface area contributed by atoms with Gasteiger partial charge in [-0.1, -0.05) is 40.2 Å². The minimum atomic E-state index is -0.514. The number of benzene rings is 3. The summed E-state index contributed by atoms with van der Waals surface area (Å²) < 4.78 is 12.4. The van der Waals surface area contributed by atoms with Crippen molar-refractivity contribution in [2.45, 2.75) is 20.5 Å². The van der Waals surface area contributed by atoms with E-state index < -0.39 is 17.1 Å². The molecule has 0 aliphatic carbocycles. The lowest BCUT2D eigenvalue weighted by atomic mass is 10.1. The zero-order valence-electron chi connectivity index (χ0n) is 20.5. The van der Waals surface area contributed by atoms with Gasteiger partial charge in [-0.25, -0.2) is 0 Å². The first kappa shape index (κ1) is 26.5. The molecule has 0 bridgehead atoms. The number of hydrogen-bond acceptors (Lipinski definition) is 6. The summed E-state index contributed by atoms with van der Waals surface area (Å²) in [5.41, 5.74) is 4.30. The summed E-state index contributed by atoms with van der Waals surface area (Å²) in [6.45, 7) is 3.87. The van der Waals surface area contributed by atoms with Crippen molar-refractivity contribution in [1.82, 2.24) is 4.90 Å². The maximum atomic E-state index is 12.9. The summed E-state index contributed by atoms with van der Waals surface area (Å²) in [5.74, 6) is 0.0965. The number of nitrogens with zero attached hydrogens (tertiary/aromatic N) is 1. The van der Waals surface area contributed by atoms with Crippen LogP contribution in [0.1, 0.15) is 22.3 Å². The summed E-state index contributed by atoms with van der Waals surface area (Å²) in [6.07, 6.45) is 1.60. The molecule has 1 aliphatic rings. The highest BCUT2D eigenvalue weighted by molar-refractivity contribution is 9.10. The Bertz CT molecular complexity index is 1370. The Morgan fingerprint density at radius 3 is 2.38 bits per heavy atom. The van der Waals surface area contributed by atoms with E-state index in [0.717, 1.165) is 37.8 Å². The smallest absolute Gasteiger partial charge is 0.294 e. The van der Waals surface area contributed by atoms with Crippen molar-refractivity contribution in [1.29, 1.82) is 0 Å². The number of hydrogen-bond donors (Lipinski definition) is 1. The molecule has 0 unspecified atom stereocenters. The molecule has 7 nitrogen and oxygen atoms in total. The Morgan fingerprint density at radius 1 is 1.00 bits per heavy atom. The number of nitrogens with one attached hydrogen (secondary N) is 1. The van der Waals surface area contributed by atoms with Crippen molar-refractivity contribution in [3.05, 3.63) is 92.3 Å². The number of halogens is 1. The highest BCUT2D eigenvalue weighted by Crippen LogP contribution is 2.35. The first-order valence-electron chi connectivity index (χ1n) is 11.4. The number of rotatable bonds is 8. The number of imide groups is 1. The van der Waals surface area contributed by atoms with Gasteiger partial charge in [0.05, 0.1) is 12.0 Å². The molecule has 190 valence electrons. The van der Waals surface area contributed by atoms with Crippen LogP contribution < -0.4 is 14.8 Å². The fraction of sp³-hybridized carbons (Fsp3) is 0.179. The third kappa shape index (κ3) is 6.81. The molecule has 1 saturated heterocycles. The monoisotopic (exact) mass is 580 g/mol. The van der Waals surface area contributed by atoms with Crippen LogP contribution in [-0.2, 0) is 16.2 Å². The molecule has 0 saturated carbocycles. The van der Waals surface area contributed by atoms with Gasteiger partial charge in [-0.05, 0) is 90.3 Å². The zero-order chi connectivity index (χ0) is 26.5. The third-order valence-corrected chi connectivity index (χ3v) is 6.91. The molecule has 1 N–H and O–H groups in total. The van der Waals surface area contributed by atoms with Gasteiger partial charge in [0.2, 0.25) is 5.91 Å². The van der Waals surface area contributed by atoms with Crippen molar-refractivity contribution in [3.8, 4) is 11.5 Å². The summed E-state index contributed by atoms with van der Waals surface area (Å²) in [7, 11) is 1.54. The fourth-order valence-corrected chi connectivity index (χ4v) is 4.92. The van der Waals surface area contributed by atoms with E-state index in [1.807, 2.05) is 56.3 Å². The second-order valence-corrected chi connectivity index (χ2v) is 10.4. The van der Waals surface area contributed by atoms with Crippen LogP contribution in [0.25, 0.3) is 6.08 Å². The van der Waals surface area contributed by atoms with Gasteiger partial charge in [-0.3, -0.25) is 19.3 Å². The average molecular weight is 581 g/mol. The van der Waals surface area contributed by atoms with Crippen LogP contribution in [0.5, 0.6) is 11.5 Å². The third-order valence-electron chi connectivity index (χ3n) is 5.47. The summed E-state index contributed by atoms with van der Waals surface area (Å²) in [5, 5.41) is 2.26. The first-order chi connectivity index (χ1) is 17.7. The number of amides is 3. The van der Waals surface area contributed by atoms with Crippen LogP contribution in [0.4, 0.5) is 10.5 Å². The second kappa shape index (κ2) is 11.7. The molecule has 0 spiro atoms. The summed E-state index contributed by atoms with van der Waals surface area (Å²) >= 11 is 4.21. The number of anilines is 1. The minimum Gasteiger partial charge on any atom is -0.493 e. The molecule has 0 radical (unpaired) electrons. The first-order valence-corrected chi connectivity index (χ1v) is 13.0. The van der Waals surface area contributed by atoms with Gasteiger partial charge in [0.15, 0.2) is 11.5 Å². The second-order valence-electron chi connectivity index (χ2n) is 8.52. The molecule has 1 heterocycles. The van der Waals surface area contributed by atoms with Gasteiger partial charge >= 0.3 is 0 Å². The van der Waals surface area contributed by atoms with Gasteiger partial charge in [-0.15, -0.1) is 0 Å². The van der Waals surface area contributed by atoms with Crippen LogP contribution >= 0.6 is 27.7 Å². The Morgan fingerprint density at radius 2 is 1.70 bits per heavy atom. The van der Waals surface area contributed by atoms with E-state index in [0.29, 0.717) is 29.4 Å². The fourth-order valence-electron chi connectivity index (χ4n) is 3.81. The normalized spacial score (nSPS) is 14.3. The van der Waals surface area contributed by atoms with Gasteiger partial charge < -0.3 is 14.8 Å². The van der Waals surface area contributed by atoms with Gasteiger partial charge in [0, 0.05) is 10.2 Å². The number of carbonyl (C=O) groups excluding carboxylic acids is 3. The Kier molecular flexibility index (Phi) is 8.35. The Hall–Kier alpha value is -3.56. The van der Waals surface area contributed by atoms with E-state index in [-0.39, 0.29) is 11.4 Å². The topological polar surface area (TPSA) is 84.9 Å². The van der Waals surface area contributed by atoms with Crippen LogP contribution in [0, 0.1) is 13.8 Å². The molecule has 3 amide bonds. The Labute approximate surface area is 228 Å². The molecule has 0 aromatic heterocycles. The predicted molar refractivity (Wildman–Crippen MR) is 149 cm³/mol. The molecule has 1 fully saturated rings. The summed E-state index contributed by atoms with van der Waals surface area (Å²) in [6, 6.07) is 18.7. The van der Waals surface area contributed by atoms with Gasteiger partial charge in [0.25, 0.3) is 11.1 Å². The lowest BCUT2D eigenvalue weighted by molar-refractivity contribution is -0.127. The van der Waals surface area contributed by atoms with Crippen LogP contribution in [-0.4, -0.2) is 35.6 Å². The highest BCUT2D eigenvalue weighted by atomic mass is 79.9. The molecule has 37 heavy (non-hydrogen) atoms. The van der Waals surface area contributed by atoms with E-state index >= 15 is 0 Å². The number of thioether (sulfide) groups is 1. The van der Waals surface area contributed by atoms with Crippen LogP contribution in [0.3, 0.4) is 0 Å². The molecule has 1 aliphatic heterocycles. The maximum absolute atomic E-state index is 12.9. The number of aryl methyl sites for hydroxylation is 2. The molecule has 0 atom stereocenters. The van der Waals surface area contributed by atoms with E-state index in [1.54, 1.807) is 24.3 Å². The summed E-state index contributed by atoms with van der Waals surface area (Å²) in [4.78, 5) is 39.1. The molecule has 4 rings (SSSR count). The van der Waals surface area contributed by atoms with E-state index in [2.05, 4.69) is 21.2 Å². The average Bonchev–Trinajstić information content (AvgIpc) is 3.10. The van der Waals surface area contributed by atoms with Crippen molar-refractivity contribution in [2.24, 2.45) is 0 Å². The van der Waals surface area contributed by atoms with E-state index in [9.17, 15) is 14.4 Å².